The Hall–Kier alpha value is -2.67. The van der Waals surface area contributed by atoms with Crippen LogP contribution in [-0.4, -0.2) is 43.3 Å². The zero-order valence-electron chi connectivity index (χ0n) is 17.4. The number of halogens is 2. The van der Waals surface area contributed by atoms with E-state index in [1.54, 1.807) is 18.2 Å². The Kier molecular flexibility index (Phi) is 8.02. The van der Waals surface area contributed by atoms with Gasteiger partial charge in [-0.3, -0.25) is 0 Å². The third-order valence-electron chi connectivity index (χ3n) is 5.23. The lowest BCUT2D eigenvalue weighted by Crippen LogP contribution is -2.38. The zero-order chi connectivity index (χ0) is 21.3. The predicted octanol–water partition coefficient (Wildman–Crippen LogP) is 3.22. The predicted molar refractivity (Wildman–Crippen MR) is 117 cm³/mol. The van der Waals surface area contributed by atoms with Gasteiger partial charge in [0.05, 0.1) is 18.3 Å². The molecule has 0 radical (unpaired) electrons. The highest BCUT2D eigenvalue weighted by molar-refractivity contribution is 5.79. The number of rotatable bonds is 7. The smallest absolute Gasteiger partial charge is 0.191 e. The van der Waals surface area contributed by atoms with Crippen LogP contribution < -0.4 is 15.5 Å². The first kappa shape index (κ1) is 22.0. The van der Waals surface area contributed by atoms with Crippen LogP contribution in [0.3, 0.4) is 0 Å². The van der Waals surface area contributed by atoms with E-state index in [0.717, 1.165) is 5.56 Å². The van der Waals surface area contributed by atoms with E-state index in [0.29, 0.717) is 69.2 Å². The monoisotopic (exact) mass is 416 g/mol. The molecule has 1 heterocycles. The van der Waals surface area contributed by atoms with E-state index in [-0.39, 0.29) is 17.7 Å². The van der Waals surface area contributed by atoms with Gasteiger partial charge in [0.25, 0.3) is 0 Å². The summed E-state index contributed by atoms with van der Waals surface area (Å²) in [5.41, 5.74) is 2.01. The van der Waals surface area contributed by atoms with Gasteiger partial charge in [-0.2, -0.15) is 0 Å². The molecule has 2 aromatic carbocycles. The molecule has 0 bridgehead atoms. The summed E-state index contributed by atoms with van der Waals surface area (Å²) in [7, 11) is 0. The van der Waals surface area contributed by atoms with Crippen LogP contribution in [-0.2, 0) is 13.0 Å². The first-order chi connectivity index (χ1) is 14.6. The maximum atomic E-state index is 14.6. The van der Waals surface area contributed by atoms with Gasteiger partial charge in [0.1, 0.15) is 11.6 Å². The molecule has 0 spiro atoms. The van der Waals surface area contributed by atoms with Crippen LogP contribution in [0.2, 0.25) is 0 Å². The van der Waals surface area contributed by atoms with Crippen LogP contribution in [0.15, 0.2) is 47.5 Å². The number of benzene rings is 2. The molecular formula is C23H30F2N4O. The third-order valence-corrected chi connectivity index (χ3v) is 5.23. The number of guanidine groups is 1. The molecule has 30 heavy (non-hydrogen) atoms. The maximum absolute atomic E-state index is 14.6. The summed E-state index contributed by atoms with van der Waals surface area (Å²) < 4.78 is 28.3. The van der Waals surface area contributed by atoms with Gasteiger partial charge in [-0.25, -0.2) is 13.8 Å². The van der Waals surface area contributed by atoms with Crippen molar-refractivity contribution in [3.8, 4) is 0 Å². The van der Waals surface area contributed by atoms with E-state index in [9.17, 15) is 13.9 Å². The average molecular weight is 417 g/mol. The van der Waals surface area contributed by atoms with E-state index >= 15 is 0 Å². The van der Waals surface area contributed by atoms with Gasteiger partial charge in [-0.1, -0.05) is 24.3 Å². The molecule has 5 nitrogen and oxygen atoms in total. The van der Waals surface area contributed by atoms with E-state index in [2.05, 4.69) is 15.6 Å². The molecule has 1 fully saturated rings. The molecule has 7 heteroatoms. The Morgan fingerprint density at radius 2 is 1.87 bits per heavy atom. The zero-order valence-corrected chi connectivity index (χ0v) is 17.4. The van der Waals surface area contributed by atoms with E-state index in [1.165, 1.54) is 12.1 Å². The van der Waals surface area contributed by atoms with Crippen LogP contribution in [0.1, 0.15) is 30.9 Å². The third kappa shape index (κ3) is 6.16. The largest absolute Gasteiger partial charge is 0.393 e. The molecule has 0 saturated carbocycles. The number of aliphatic imine (C=N–C) groups is 1. The fraction of sp³-hybridized carbons (Fsp3) is 0.435. The molecule has 0 aromatic heterocycles. The molecule has 0 aliphatic carbocycles. The number of hydrogen-bond acceptors (Lipinski definition) is 3. The molecule has 3 rings (SSSR count). The van der Waals surface area contributed by atoms with Gasteiger partial charge in [-0.05, 0) is 55.5 Å². The molecular weight excluding hydrogens is 386 g/mol. The molecule has 0 amide bonds. The van der Waals surface area contributed by atoms with E-state index in [4.69, 9.17) is 0 Å². The second-order valence-corrected chi connectivity index (χ2v) is 7.47. The average Bonchev–Trinajstić information content (AvgIpc) is 2.74. The van der Waals surface area contributed by atoms with Crippen molar-refractivity contribution in [3.63, 3.8) is 0 Å². The van der Waals surface area contributed by atoms with Crippen LogP contribution in [0.25, 0.3) is 0 Å². The standard InChI is InChI=1S/C23H30F2N4O/c1-2-26-23(27-12-9-18-5-3-4-6-20(18)24)28-16-17-7-8-22(21(25)15-17)29-13-10-19(30)11-14-29/h3-8,15,19,30H,2,9-14,16H2,1H3,(H2,26,27,28). The first-order valence-electron chi connectivity index (χ1n) is 10.5. The Morgan fingerprint density at radius 3 is 2.57 bits per heavy atom. The normalized spacial score (nSPS) is 15.3. The SMILES string of the molecule is CCNC(=NCc1ccc(N2CCC(O)CC2)c(F)c1)NCCc1ccccc1F. The second-order valence-electron chi connectivity index (χ2n) is 7.47. The number of aliphatic hydroxyl groups excluding tert-OH is 1. The molecule has 2 aromatic rings. The topological polar surface area (TPSA) is 59.9 Å². The molecule has 0 atom stereocenters. The quantitative estimate of drug-likeness (QED) is 0.479. The lowest BCUT2D eigenvalue weighted by atomic mass is 10.1. The fourth-order valence-electron chi connectivity index (χ4n) is 3.54. The van der Waals surface area contributed by atoms with Crippen molar-refractivity contribution in [2.45, 2.75) is 38.8 Å². The second kappa shape index (κ2) is 10.9. The lowest BCUT2D eigenvalue weighted by Gasteiger charge is -2.31. The highest BCUT2D eigenvalue weighted by Crippen LogP contribution is 2.24. The van der Waals surface area contributed by atoms with Gasteiger partial charge in [0, 0.05) is 26.2 Å². The minimum Gasteiger partial charge on any atom is -0.393 e. The van der Waals surface area contributed by atoms with Gasteiger partial charge in [0.15, 0.2) is 5.96 Å². The number of nitrogens with one attached hydrogen (secondary N) is 2. The van der Waals surface area contributed by atoms with Crippen LogP contribution in [0.5, 0.6) is 0 Å². The summed E-state index contributed by atoms with van der Waals surface area (Å²) in [6.45, 7) is 4.86. The summed E-state index contributed by atoms with van der Waals surface area (Å²) in [5.74, 6) is 0.139. The van der Waals surface area contributed by atoms with Gasteiger partial charge >= 0.3 is 0 Å². The number of piperidine rings is 1. The fourth-order valence-corrected chi connectivity index (χ4v) is 3.54. The van der Waals surface area contributed by atoms with Crippen molar-refractivity contribution in [1.82, 2.24) is 10.6 Å². The summed E-state index contributed by atoms with van der Waals surface area (Å²) in [5, 5.41) is 16.0. The van der Waals surface area contributed by atoms with Crippen molar-refractivity contribution in [3.05, 3.63) is 65.2 Å². The number of anilines is 1. The Labute approximate surface area is 176 Å². The van der Waals surface area contributed by atoms with Crippen molar-refractivity contribution >= 4 is 11.6 Å². The van der Waals surface area contributed by atoms with Crippen molar-refractivity contribution in [2.24, 2.45) is 4.99 Å². The van der Waals surface area contributed by atoms with Crippen molar-refractivity contribution in [2.75, 3.05) is 31.1 Å². The first-order valence-corrected chi connectivity index (χ1v) is 10.5. The van der Waals surface area contributed by atoms with E-state index in [1.807, 2.05) is 24.0 Å². The van der Waals surface area contributed by atoms with Crippen LogP contribution in [0.4, 0.5) is 14.5 Å². The highest BCUT2D eigenvalue weighted by Gasteiger charge is 2.19. The van der Waals surface area contributed by atoms with Gasteiger partial charge < -0.3 is 20.6 Å². The van der Waals surface area contributed by atoms with Crippen molar-refractivity contribution < 1.29 is 13.9 Å². The summed E-state index contributed by atoms with van der Waals surface area (Å²) >= 11 is 0. The molecule has 1 saturated heterocycles. The van der Waals surface area contributed by atoms with E-state index < -0.39 is 0 Å². The Balaban J connectivity index is 1.57. The molecule has 1 aliphatic heterocycles. The molecule has 0 unspecified atom stereocenters. The highest BCUT2D eigenvalue weighted by atomic mass is 19.1. The molecule has 1 aliphatic rings. The molecule has 3 N–H and O–H groups in total. The number of hydrogen-bond donors (Lipinski definition) is 3. The maximum Gasteiger partial charge on any atom is 0.191 e. The van der Waals surface area contributed by atoms with Crippen molar-refractivity contribution in [1.29, 1.82) is 0 Å². The van der Waals surface area contributed by atoms with Crippen LogP contribution in [0, 0.1) is 11.6 Å². The Morgan fingerprint density at radius 1 is 1.10 bits per heavy atom. The lowest BCUT2D eigenvalue weighted by molar-refractivity contribution is 0.145. The summed E-state index contributed by atoms with van der Waals surface area (Å²) in [6.07, 6.45) is 1.59. The van der Waals surface area contributed by atoms with Gasteiger partial charge in [-0.15, -0.1) is 0 Å². The molecule has 162 valence electrons. The number of aliphatic hydroxyl groups is 1. The summed E-state index contributed by atoms with van der Waals surface area (Å²) in [4.78, 5) is 6.49. The number of nitrogens with zero attached hydrogens (tertiary/aromatic N) is 2. The Bertz CT molecular complexity index is 851. The minimum absolute atomic E-state index is 0.208. The van der Waals surface area contributed by atoms with Gasteiger partial charge in [0.2, 0.25) is 0 Å². The van der Waals surface area contributed by atoms with Crippen LogP contribution >= 0.6 is 0 Å². The minimum atomic E-state index is -0.284. The summed E-state index contributed by atoms with van der Waals surface area (Å²) in [6, 6.07) is 11.9.